The Labute approximate surface area is 234 Å². The number of halogens is 2. The van der Waals surface area contributed by atoms with Gasteiger partial charge in [0, 0.05) is 24.3 Å². The molecule has 0 N–H and O–H groups in total. The van der Waals surface area contributed by atoms with Crippen molar-refractivity contribution < 1.29 is 27.0 Å². The van der Waals surface area contributed by atoms with Crippen LogP contribution in [-0.4, -0.2) is 18.3 Å². The third-order valence-electron chi connectivity index (χ3n) is 6.24. The Morgan fingerprint density at radius 3 is 1.17 bits per heavy atom. The predicted octanol–water partition coefficient (Wildman–Crippen LogP) is 7.41. The van der Waals surface area contributed by atoms with Gasteiger partial charge in [0.15, 0.2) is 9.84 Å². The summed E-state index contributed by atoms with van der Waals surface area (Å²) in [5.74, 6) is -1.12. The van der Waals surface area contributed by atoms with Crippen molar-refractivity contribution in [2.45, 2.75) is 10.5 Å². The fourth-order valence-corrected chi connectivity index (χ4v) is 6.08. The second-order valence-electron chi connectivity index (χ2n) is 8.95. The average molecular weight is 577 g/mol. The standard InChI is InChI=1S/C30H22F2N2O6S/c31-25-11-7-23(8-12-25)29(19-5-21-1-15-27(16-2-21)33(35)36)41(39,40)30(24-9-13-26(32)14-10-24)20-6-22-3-17-28(18-4-22)34(37)38/h1-20,29-30H. The summed E-state index contributed by atoms with van der Waals surface area (Å²) in [4.78, 5) is 20.9. The van der Waals surface area contributed by atoms with Crippen molar-refractivity contribution in [3.63, 3.8) is 0 Å². The van der Waals surface area contributed by atoms with Crippen molar-refractivity contribution in [3.05, 3.63) is 163 Å². The molecule has 0 aliphatic carbocycles. The fourth-order valence-electron chi connectivity index (χ4n) is 4.09. The predicted molar refractivity (Wildman–Crippen MR) is 151 cm³/mol. The van der Waals surface area contributed by atoms with Gasteiger partial charge in [-0.15, -0.1) is 0 Å². The lowest BCUT2D eigenvalue weighted by Gasteiger charge is -2.22. The highest BCUT2D eigenvalue weighted by atomic mass is 32.2. The van der Waals surface area contributed by atoms with Crippen molar-refractivity contribution in [1.82, 2.24) is 0 Å². The van der Waals surface area contributed by atoms with Crippen LogP contribution in [0.2, 0.25) is 0 Å². The maximum atomic E-state index is 14.3. The van der Waals surface area contributed by atoms with E-state index in [1.165, 1.54) is 97.1 Å². The molecular formula is C30H22F2N2O6S. The lowest BCUT2D eigenvalue weighted by atomic mass is 10.1. The van der Waals surface area contributed by atoms with E-state index in [0.29, 0.717) is 11.1 Å². The van der Waals surface area contributed by atoms with Crippen LogP contribution in [-0.2, 0) is 9.84 Å². The van der Waals surface area contributed by atoms with Gasteiger partial charge < -0.3 is 0 Å². The first-order valence-electron chi connectivity index (χ1n) is 12.1. The number of hydrogen-bond acceptors (Lipinski definition) is 6. The first-order valence-corrected chi connectivity index (χ1v) is 13.7. The number of rotatable bonds is 10. The van der Waals surface area contributed by atoms with E-state index in [9.17, 15) is 37.4 Å². The molecule has 0 radical (unpaired) electrons. The van der Waals surface area contributed by atoms with E-state index < -0.39 is 41.8 Å². The minimum Gasteiger partial charge on any atom is -0.258 e. The lowest BCUT2D eigenvalue weighted by Crippen LogP contribution is -2.19. The van der Waals surface area contributed by atoms with Gasteiger partial charge in [0.25, 0.3) is 11.4 Å². The molecule has 0 aliphatic rings. The summed E-state index contributed by atoms with van der Waals surface area (Å²) < 4.78 is 56.0. The molecule has 0 saturated carbocycles. The first kappa shape index (κ1) is 29.0. The molecule has 41 heavy (non-hydrogen) atoms. The number of nitro benzene ring substituents is 2. The smallest absolute Gasteiger partial charge is 0.258 e. The summed E-state index contributed by atoms with van der Waals surface area (Å²) in [7, 11) is -4.21. The zero-order valence-electron chi connectivity index (χ0n) is 21.2. The van der Waals surface area contributed by atoms with Crippen molar-refractivity contribution in [1.29, 1.82) is 0 Å². The molecule has 0 aromatic heterocycles. The van der Waals surface area contributed by atoms with E-state index in [1.54, 1.807) is 0 Å². The summed E-state index contributed by atoms with van der Waals surface area (Å²) in [5, 5.41) is 19.4. The summed E-state index contributed by atoms with van der Waals surface area (Å²) in [6.45, 7) is 0. The highest BCUT2D eigenvalue weighted by Crippen LogP contribution is 2.37. The molecule has 0 spiro atoms. The molecule has 0 amide bonds. The molecule has 4 aromatic rings. The molecule has 0 aliphatic heterocycles. The third-order valence-corrected chi connectivity index (χ3v) is 8.51. The number of benzene rings is 4. The molecule has 4 aromatic carbocycles. The Morgan fingerprint density at radius 2 is 0.878 bits per heavy atom. The zero-order valence-corrected chi connectivity index (χ0v) is 22.0. The molecule has 11 heteroatoms. The van der Waals surface area contributed by atoms with Crippen LogP contribution in [0.25, 0.3) is 12.2 Å². The maximum absolute atomic E-state index is 14.3. The largest absolute Gasteiger partial charge is 0.269 e. The summed E-state index contributed by atoms with van der Waals surface area (Å²) in [6.07, 6.45) is 5.80. The Hall–Kier alpha value is -5.03. The van der Waals surface area contributed by atoms with Gasteiger partial charge in [-0.3, -0.25) is 20.2 Å². The highest BCUT2D eigenvalue weighted by Gasteiger charge is 2.33. The Kier molecular flexibility index (Phi) is 8.78. The second kappa shape index (κ2) is 12.4. The first-order chi connectivity index (χ1) is 19.5. The Balaban J connectivity index is 1.79. The molecule has 2 atom stereocenters. The van der Waals surface area contributed by atoms with Gasteiger partial charge in [-0.05, 0) is 70.8 Å². The van der Waals surface area contributed by atoms with E-state index >= 15 is 0 Å². The van der Waals surface area contributed by atoms with Crippen LogP contribution in [0.4, 0.5) is 20.2 Å². The number of hydrogen-bond donors (Lipinski definition) is 0. The maximum Gasteiger partial charge on any atom is 0.269 e. The van der Waals surface area contributed by atoms with Crippen molar-refractivity contribution >= 4 is 33.4 Å². The Morgan fingerprint density at radius 1 is 0.561 bits per heavy atom. The van der Waals surface area contributed by atoms with E-state index in [-0.39, 0.29) is 22.5 Å². The van der Waals surface area contributed by atoms with Crippen molar-refractivity contribution in [2.75, 3.05) is 0 Å². The van der Waals surface area contributed by atoms with Gasteiger partial charge in [-0.2, -0.15) is 0 Å². The number of non-ortho nitro benzene ring substituents is 2. The average Bonchev–Trinajstić information content (AvgIpc) is 2.95. The topological polar surface area (TPSA) is 120 Å². The molecule has 0 fully saturated rings. The molecule has 8 nitrogen and oxygen atoms in total. The van der Waals surface area contributed by atoms with Gasteiger partial charge in [0.05, 0.1) is 9.85 Å². The summed E-state index contributed by atoms with van der Waals surface area (Å²) in [5.41, 5.74) is 1.27. The number of nitro groups is 2. The van der Waals surface area contributed by atoms with Gasteiger partial charge in [0.2, 0.25) is 0 Å². The van der Waals surface area contributed by atoms with E-state index in [0.717, 1.165) is 24.3 Å². The summed E-state index contributed by atoms with van der Waals surface area (Å²) >= 11 is 0. The molecular weight excluding hydrogens is 554 g/mol. The van der Waals surface area contributed by atoms with Crippen LogP contribution in [0.1, 0.15) is 32.8 Å². The fraction of sp³-hybridized carbons (Fsp3) is 0.0667. The quantitative estimate of drug-likeness (QED) is 0.143. The monoisotopic (exact) mass is 576 g/mol. The minimum atomic E-state index is -4.21. The molecule has 2 unspecified atom stereocenters. The van der Waals surface area contributed by atoms with Crippen LogP contribution in [0, 0.1) is 31.9 Å². The molecule has 4 rings (SSSR count). The molecule has 0 heterocycles. The number of sulfone groups is 1. The van der Waals surface area contributed by atoms with Crippen LogP contribution >= 0.6 is 0 Å². The van der Waals surface area contributed by atoms with E-state index in [4.69, 9.17) is 0 Å². The highest BCUT2D eigenvalue weighted by molar-refractivity contribution is 7.92. The van der Waals surface area contributed by atoms with Crippen LogP contribution < -0.4 is 0 Å². The van der Waals surface area contributed by atoms with Crippen LogP contribution in [0.3, 0.4) is 0 Å². The molecule has 0 bridgehead atoms. The van der Waals surface area contributed by atoms with Crippen molar-refractivity contribution in [3.8, 4) is 0 Å². The zero-order chi connectivity index (χ0) is 29.6. The Bertz CT molecular complexity index is 1580. The van der Waals surface area contributed by atoms with Crippen LogP contribution in [0.5, 0.6) is 0 Å². The van der Waals surface area contributed by atoms with Crippen molar-refractivity contribution in [2.24, 2.45) is 0 Å². The van der Waals surface area contributed by atoms with Gasteiger partial charge in [-0.25, -0.2) is 17.2 Å². The van der Waals surface area contributed by atoms with Gasteiger partial charge in [-0.1, -0.05) is 48.6 Å². The third kappa shape index (κ3) is 7.14. The summed E-state index contributed by atoms with van der Waals surface area (Å²) in [6, 6.07) is 20.9. The van der Waals surface area contributed by atoms with E-state index in [1.807, 2.05) is 0 Å². The second-order valence-corrected chi connectivity index (χ2v) is 11.1. The minimum absolute atomic E-state index is 0.127. The molecule has 208 valence electrons. The number of nitrogens with zero attached hydrogens (tertiary/aromatic N) is 2. The van der Waals surface area contributed by atoms with Crippen LogP contribution in [0.15, 0.2) is 109 Å². The lowest BCUT2D eigenvalue weighted by molar-refractivity contribution is -0.385. The van der Waals surface area contributed by atoms with E-state index in [2.05, 4.69) is 0 Å². The SMILES string of the molecule is O=[N+]([O-])c1ccc(C=CC(c2ccc(F)cc2)S(=O)(=O)C(C=Cc2ccc([N+](=O)[O-])cc2)c2ccc(F)cc2)cc1. The molecule has 0 saturated heterocycles. The van der Waals surface area contributed by atoms with Gasteiger partial charge >= 0.3 is 0 Å². The normalized spacial score (nSPS) is 13.3. The van der Waals surface area contributed by atoms with Gasteiger partial charge in [0.1, 0.15) is 22.1 Å².